The van der Waals surface area contributed by atoms with Gasteiger partial charge in [-0.25, -0.2) is 9.78 Å². The predicted molar refractivity (Wildman–Crippen MR) is 97.6 cm³/mol. The van der Waals surface area contributed by atoms with Crippen LogP contribution in [0.5, 0.6) is 0 Å². The molecule has 4 rings (SSSR count). The monoisotopic (exact) mass is 368 g/mol. The van der Waals surface area contributed by atoms with Gasteiger partial charge in [0.05, 0.1) is 6.54 Å². The minimum Gasteiger partial charge on any atom is -0.477 e. The molecule has 0 amide bonds. The minimum absolute atomic E-state index is 0.122. The number of anilines is 1. The zero-order valence-corrected chi connectivity index (χ0v) is 14.7. The second-order valence-corrected chi connectivity index (χ2v) is 6.37. The minimum atomic E-state index is -1.03. The number of hydrogen-bond acceptors (Lipinski definition) is 7. The lowest BCUT2D eigenvalue weighted by Crippen LogP contribution is -2.47. The van der Waals surface area contributed by atoms with E-state index in [1.54, 1.807) is 11.0 Å². The third-order valence-electron chi connectivity index (χ3n) is 4.71. The molecule has 0 aliphatic carbocycles. The van der Waals surface area contributed by atoms with Crippen LogP contribution in [-0.4, -0.2) is 68.6 Å². The second kappa shape index (κ2) is 7.58. The van der Waals surface area contributed by atoms with Gasteiger partial charge in [0.25, 0.3) is 0 Å². The molecule has 1 saturated heterocycles. The van der Waals surface area contributed by atoms with Gasteiger partial charge < -0.3 is 14.5 Å². The van der Waals surface area contributed by atoms with Gasteiger partial charge in [-0.1, -0.05) is 35.5 Å². The Balaban J connectivity index is 1.45. The fraction of sp³-hybridized carbons (Fsp3) is 0.333. The fourth-order valence-corrected chi connectivity index (χ4v) is 3.25. The molecule has 9 nitrogen and oxygen atoms in total. The molecule has 0 bridgehead atoms. The summed E-state index contributed by atoms with van der Waals surface area (Å²) < 4.78 is 7.22. The van der Waals surface area contributed by atoms with Crippen LogP contribution in [0.3, 0.4) is 0 Å². The average Bonchev–Trinajstić information content (AvgIpc) is 3.37. The lowest BCUT2D eigenvalue weighted by atomic mass is 10.1. The number of carbonyl (C=O) groups is 1. The third kappa shape index (κ3) is 3.68. The van der Waals surface area contributed by atoms with E-state index in [0.29, 0.717) is 30.2 Å². The summed E-state index contributed by atoms with van der Waals surface area (Å²) in [5, 5.41) is 17.9. The summed E-state index contributed by atoms with van der Waals surface area (Å²) in [6.07, 6.45) is 3.23. The van der Waals surface area contributed by atoms with Crippen molar-refractivity contribution in [1.29, 1.82) is 0 Å². The molecule has 1 aliphatic rings. The highest BCUT2D eigenvalue weighted by molar-refractivity contribution is 5.99. The number of aromatic carboxylic acids is 1. The first-order valence-corrected chi connectivity index (χ1v) is 8.80. The van der Waals surface area contributed by atoms with Crippen LogP contribution in [0.4, 0.5) is 5.82 Å². The van der Waals surface area contributed by atoms with Crippen LogP contribution in [-0.2, 0) is 6.54 Å². The van der Waals surface area contributed by atoms with Crippen molar-refractivity contribution >= 4 is 11.8 Å². The molecule has 2 aromatic heterocycles. The molecule has 3 heterocycles. The summed E-state index contributed by atoms with van der Waals surface area (Å²) in [6.45, 7) is 4.68. The quantitative estimate of drug-likeness (QED) is 0.698. The van der Waals surface area contributed by atoms with Crippen molar-refractivity contribution in [3.05, 3.63) is 48.5 Å². The molecule has 9 heteroatoms. The van der Waals surface area contributed by atoms with Crippen LogP contribution < -0.4 is 4.90 Å². The van der Waals surface area contributed by atoms with E-state index in [1.807, 2.05) is 35.2 Å². The van der Waals surface area contributed by atoms with Gasteiger partial charge in [0.2, 0.25) is 0 Å². The molecule has 0 saturated carbocycles. The van der Waals surface area contributed by atoms with Crippen LogP contribution in [0.2, 0.25) is 0 Å². The summed E-state index contributed by atoms with van der Waals surface area (Å²) in [6, 6.07) is 9.20. The lowest BCUT2D eigenvalue weighted by Gasteiger charge is -2.34. The normalized spacial score (nSPS) is 15.2. The second-order valence-electron chi connectivity index (χ2n) is 6.37. The van der Waals surface area contributed by atoms with Gasteiger partial charge in [0, 0.05) is 38.3 Å². The summed E-state index contributed by atoms with van der Waals surface area (Å²) in [5.41, 5.74) is 0.831. The first-order chi connectivity index (χ1) is 13.2. The molecule has 140 valence electrons. The van der Waals surface area contributed by atoms with Crippen molar-refractivity contribution in [3.8, 4) is 11.3 Å². The van der Waals surface area contributed by atoms with Gasteiger partial charge in [-0.2, -0.15) is 5.10 Å². The van der Waals surface area contributed by atoms with E-state index in [0.717, 1.165) is 26.2 Å². The molecule has 1 fully saturated rings. The zero-order chi connectivity index (χ0) is 18.6. The molecular formula is C18H20N6O3. The van der Waals surface area contributed by atoms with Gasteiger partial charge in [0.15, 0.2) is 17.1 Å². The Morgan fingerprint density at radius 3 is 2.56 bits per heavy atom. The van der Waals surface area contributed by atoms with Crippen molar-refractivity contribution in [2.24, 2.45) is 0 Å². The van der Waals surface area contributed by atoms with Crippen molar-refractivity contribution in [3.63, 3.8) is 0 Å². The molecular weight excluding hydrogens is 348 g/mol. The number of rotatable bonds is 6. The Kier molecular flexibility index (Phi) is 4.84. The Bertz CT molecular complexity index is 885. The van der Waals surface area contributed by atoms with Crippen molar-refractivity contribution in [2.45, 2.75) is 6.54 Å². The van der Waals surface area contributed by atoms with Crippen LogP contribution in [0.1, 0.15) is 10.4 Å². The number of carboxylic acid groups (broad SMARTS) is 1. The van der Waals surface area contributed by atoms with E-state index >= 15 is 0 Å². The van der Waals surface area contributed by atoms with Gasteiger partial charge in [-0.3, -0.25) is 9.58 Å². The van der Waals surface area contributed by atoms with Gasteiger partial charge in [-0.05, 0) is 0 Å². The van der Waals surface area contributed by atoms with E-state index in [2.05, 4.69) is 20.1 Å². The summed E-state index contributed by atoms with van der Waals surface area (Å²) >= 11 is 0. The van der Waals surface area contributed by atoms with Crippen LogP contribution >= 0.6 is 0 Å². The number of hydrogen-bond donors (Lipinski definition) is 1. The molecule has 0 atom stereocenters. The Hall–Kier alpha value is -3.20. The molecule has 27 heavy (non-hydrogen) atoms. The zero-order valence-electron chi connectivity index (χ0n) is 14.7. The highest BCUT2D eigenvalue weighted by Crippen LogP contribution is 2.31. The topological polar surface area (TPSA) is 101 Å². The maximum atomic E-state index is 11.9. The standard InChI is InChI=1S/C18H20N6O3/c25-18(26)15-16(14-4-2-1-3-5-14)27-21-17(15)23-9-6-22(7-10-23)8-11-24-13-19-12-20-24/h1-5,12-13H,6-11H2,(H,25,26). The van der Waals surface area contributed by atoms with Gasteiger partial charge >= 0.3 is 5.97 Å². The smallest absolute Gasteiger partial charge is 0.343 e. The van der Waals surface area contributed by atoms with Crippen molar-refractivity contribution in [1.82, 2.24) is 24.8 Å². The average molecular weight is 368 g/mol. The molecule has 0 unspecified atom stereocenters. The largest absolute Gasteiger partial charge is 0.477 e. The van der Waals surface area contributed by atoms with E-state index < -0.39 is 5.97 Å². The van der Waals surface area contributed by atoms with Crippen LogP contribution in [0.25, 0.3) is 11.3 Å². The number of nitrogens with zero attached hydrogens (tertiary/aromatic N) is 6. The van der Waals surface area contributed by atoms with Crippen molar-refractivity contribution in [2.75, 3.05) is 37.6 Å². The maximum absolute atomic E-state index is 11.9. The number of aromatic nitrogens is 4. The highest BCUT2D eigenvalue weighted by Gasteiger charge is 2.29. The Morgan fingerprint density at radius 2 is 1.89 bits per heavy atom. The van der Waals surface area contributed by atoms with Crippen LogP contribution in [0, 0.1) is 0 Å². The SMILES string of the molecule is O=C(O)c1c(N2CCN(CCn3cncn3)CC2)noc1-c1ccccc1. The van der Waals surface area contributed by atoms with E-state index in [9.17, 15) is 9.90 Å². The molecule has 3 aromatic rings. The van der Waals surface area contributed by atoms with E-state index in [1.165, 1.54) is 6.33 Å². The Morgan fingerprint density at radius 1 is 1.11 bits per heavy atom. The number of carboxylic acids is 1. The van der Waals surface area contributed by atoms with E-state index in [-0.39, 0.29) is 5.56 Å². The van der Waals surface area contributed by atoms with E-state index in [4.69, 9.17) is 4.52 Å². The number of piperazine rings is 1. The fourth-order valence-electron chi connectivity index (χ4n) is 3.25. The van der Waals surface area contributed by atoms with Gasteiger partial charge in [-0.15, -0.1) is 0 Å². The van der Waals surface area contributed by atoms with Crippen LogP contribution in [0.15, 0.2) is 47.5 Å². The molecule has 1 aromatic carbocycles. The first-order valence-electron chi connectivity index (χ1n) is 8.80. The molecule has 0 radical (unpaired) electrons. The molecule has 1 N–H and O–H groups in total. The molecule has 1 aliphatic heterocycles. The number of benzene rings is 1. The highest BCUT2D eigenvalue weighted by atomic mass is 16.5. The maximum Gasteiger partial charge on any atom is 0.343 e. The van der Waals surface area contributed by atoms with Gasteiger partial charge in [0.1, 0.15) is 12.7 Å². The summed E-state index contributed by atoms with van der Waals surface area (Å²) in [4.78, 5) is 20.1. The summed E-state index contributed by atoms with van der Waals surface area (Å²) in [7, 11) is 0. The first kappa shape index (κ1) is 17.2. The lowest BCUT2D eigenvalue weighted by molar-refractivity contribution is 0.0697. The molecule has 0 spiro atoms. The predicted octanol–water partition coefficient (Wildman–Crippen LogP) is 1.45. The Labute approximate surface area is 155 Å². The summed E-state index contributed by atoms with van der Waals surface area (Å²) in [5.74, 6) is -0.331. The van der Waals surface area contributed by atoms with Crippen molar-refractivity contribution < 1.29 is 14.4 Å². The third-order valence-corrected chi connectivity index (χ3v) is 4.71.